The molecule has 26 heavy (non-hydrogen) atoms. The third-order valence-corrected chi connectivity index (χ3v) is 4.60. The Bertz CT molecular complexity index is 911. The van der Waals surface area contributed by atoms with Crippen LogP contribution in [-0.2, 0) is 0 Å². The van der Waals surface area contributed by atoms with E-state index in [0.717, 1.165) is 36.7 Å². The van der Waals surface area contributed by atoms with E-state index in [9.17, 15) is 4.39 Å². The Morgan fingerprint density at radius 2 is 1.88 bits per heavy atom. The molecule has 1 fully saturated rings. The zero-order chi connectivity index (χ0) is 17.9. The fraction of sp³-hybridized carbons (Fsp3) is 0.316. The molecule has 0 atom stereocenters. The topological polar surface area (TPSA) is 86.0 Å². The van der Waals surface area contributed by atoms with Crippen LogP contribution < -0.4 is 15.8 Å². The highest BCUT2D eigenvalue weighted by atomic mass is 19.1. The summed E-state index contributed by atoms with van der Waals surface area (Å²) in [5.74, 6) is 0.782. The van der Waals surface area contributed by atoms with Crippen molar-refractivity contribution in [3.05, 3.63) is 48.7 Å². The second-order valence-electron chi connectivity index (χ2n) is 6.52. The van der Waals surface area contributed by atoms with Gasteiger partial charge in [-0.05, 0) is 43.9 Å². The van der Waals surface area contributed by atoms with E-state index in [4.69, 9.17) is 10.5 Å². The van der Waals surface area contributed by atoms with Gasteiger partial charge in [0.05, 0.1) is 11.6 Å². The highest BCUT2D eigenvalue weighted by molar-refractivity contribution is 5.84. The van der Waals surface area contributed by atoms with Gasteiger partial charge in [-0.2, -0.15) is 4.39 Å². The molecule has 1 aromatic carbocycles. The molecule has 0 bridgehead atoms. The predicted octanol–water partition coefficient (Wildman–Crippen LogP) is 3.55. The lowest BCUT2D eigenvalue weighted by Crippen LogP contribution is -2.31. The van der Waals surface area contributed by atoms with Crippen LogP contribution in [0.4, 0.5) is 15.9 Å². The first kappa shape index (κ1) is 16.5. The molecule has 0 saturated heterocycles. The number of pyridine rings is 1. The zero-order valence-corrected chi connectivity index (χ0v) is 14.2. The van der Waals surface area contributed by atoms with Gasteiger partial charge in [-0.3, -0.25) is 4.98 Å². The van der Waals surface area contributed by atoms with Gasteiger partial charge in [-0.15, -0.1) is 0 Å². The number of benzene rings is 1. The molecule has 134 valence electrons. The second kappa shape index (κ2) is 7.11. The summed E-state index contributed by atoms with van der Waals surface area (Å²) >= 11 is 0. The summed E-state index contributed by atoms with van der Waals surface area (Å²) in [6, 6.07) is 8.64. The van der Waals surface area contributed by atoms with Crippen LogP contribution in [0.1, 0.15) is 25.7 Å². The number of nitrogens with two attached hydrogens (primary N) is 1. The SMILES string of the molecule is Nc1cc(OC2CCC(Nc3cccc(F)n3)CC2)c2nccnc2c1. The minimum atomic E-state index is -0.471. The number of nitrogen functional groups attached to an aromatic ring is 1. The Kier molecular flexibility index (Phi) is 4.51. The Morgan fingerprint density at radius 1 is 1.08 bits per heavy atom. The Balaban J connectivity index is 1.40. The molecule has 1 aliphatic carbocycles. The molecule has 1 aliphatic rings. The fourth-order valence-electron chi connectivity index (χ4n) is 3.36. The standard InChI is InChI=1S/C19H20FN5O/c20-17-2-1-3-18(25-17)24-13-4-6-14(7-5-13)26-16-11-12(21)10-15-19(16)23-9-8-22-15/h1-3,8-11,13-14H,4-7,21H2,(H,24,25). The first-order chi connectivity index (χ1) is 12.7. The van der Waals surface area contributed by atoms with Gasteiger partial charge in [0.2, 0.25) is 5.95 Å². The van der Waals surface area contributed by atoms with E-state index >= 15 is 0 Å². The molecule has 3 aromatic rings. The number of halogens is 1. The minimum absolute atomic E-state index is 0.0977. The van der Waals surface area contributed by atoms with Gasteiger partial charge in [-0.25, -0.2) is 9.97 Å². The summed E-state index contributed by atoms with van der Waals surface area (Å²) in [7, 11) is 0. The molecular weight excluding hydrogens is 333 g/mol. The minimum Gasteiger partial charge on any atom is -0.488 e. The van der Waals surface area contributed by atoms with Crippen molar-refractivity contribution in [1.82, 2.24) is 15.0 Å². The van der Waals surface area contributed by atoms with Crippen LogP contribution in [0.5, 0.6) is 5.75 Å². The van der Waals surface area contributed by atoms with Crippen molar-refractivity contribution in [2.45, 2.75) is 37.8 Å². The summed E-state index contributed by atoms with van der Waals surface area (Å²) in [4.78, 5) is 12.5. The van der Waals surface area contributed by atoms with Crippen molar-refractivity contribution in [2.24, 2.45) is 0 Å². The Morgan fingerprint density at radius 3 is 2.69 bits per heavy atom. The van der Waals surface area contributed by atoms with Gasteiger partial charge in [-0.1, -0.05) is 6.07 Å². The fourth-order valence-corrected chi connectivity index (χ4v) is 3.36. The van der Waals surface area contributed by atoms with E-state index < -0.39 is 5.95 Å². The van der Waals surface area contributed by atoms with Crippen LogP contribution in [0, 0.1) is 5.95 Å². The third-order valence-electron chi connectivity index (χ3n) is 4.60. The van der Waals surface area contributed by atoms with Gasteiger partial charge in [0.1, 0.15) is 17.1 Å². The summed E-state index contributed by atoms with van der Waals surface area (Å²) in [5.41, 5.74) is 8.03. The van der Waals surface area contributed by atoms with E-state index in [0.29, 0.717) is 17.3 Å². The maximum atomic E-state index is 13.2. The quantitative estimate of drug-likeness (QED) is 0.551. The lowest BCUT2D eigenvalue weighted by molar-refractivity contribution is 0.152. The average Bonchev–Trinajstić information content (AvgIpc) is 2.63. The monoisotopic (exact) mass is 353 g/mol. The first-order valence-electron chi connectivity index (χ1n) is 8.73. The lowest BCUT2D eigenvalue weighted by Gasteiger charge is -2.30. The van der Waals surface area contributed by atoms with Gasteiger partial charge in [0.15, 0.2) is 0 Å². The number of hydrogen-bond donors (Lipinski definition) is 2. The normalized spacial score (nSPS) is 20.0. The smallest absolute Gasteiger partial charge is 0.214 e. The number of nitrogens with one attached hydrogen (secondary N) is 1. The third kappa shape index (κ3) is 3.66. The van der Waals surface area contributed by atoms with Crippen LogP contribution in [0.15, 0.2) is 42.7 Å². The van der Waals surface area contributed by atoms with Crippen molar-refractivity contribution in [3.63, 3.8) is 0 Å². The number of rotatable bonds is 4. The largest absolute Gasteiger partial charge is 0.488 e. The molecule has 0 amide bonds. The van der Waals surface area contributed by atoms with E-state index in [2.05, 4.69) is 20.3 Å². The molecule has 0 unspecified atom stereocenters. The molecule has 2 heterocycles. The molecule has 0 aliphatic heterocycles. The van der Waals surface area contributed by atoms with Gasteiger partial charge < -0.3 is 15.8 Å². The van der Waals surface area contributed by atoms with Crippen molar-refractivity contribution in [2.75, 3.05) is 11.1 Å². The van der Waals surface area contributed by atoms with Gasteiger partial charge in [0.25, 0.3) is 0 Å². The van der Waals surface area contributed by atoms with E-state index in [1.165, 1.54) is 6.07 Å². The highest BCUT2D eigenvalue weighted by Gasteiger charge is 2.23. The molecule has 1 saturated carbocycles. The van der Waals surface area contributed by atoms with Gasteiger partial charge >= 0.3 is 0 Å². The predicted molar refractivity (Wildman–Crippen MR) is 98.4 cm³/mol. The van der Waals surface area contributed by atoms with Crippen molar-refractivity contribution < 1.29 is 9.13 Å². The molecule has 7 heteroatoms. The maximum Gasteiger partial charge on any atom is 0.214 e. The summed E-state index contributed by atoms with van der Waals surface area (Å²) < 4.78 is 19.4. The van der Waals surface area contributed by atoms with E-state index in [-0.39, 0.29) is 12.1 Å². The number of aromatic nitrogens is 3. The summed E-state index contributed by atoms with van der Waals surface area (Å²) in [6.07, 6.45) is 7.03. The summed E-state index contributed by atoms with van der Waals surface area (Å²) in [6.45, 7) is 0. The molecule has 0 radical (unpaired) electrons. The molecular formula is C19H20FN5O. The van der Waals surface area contributed by atoms with Crippen LogP contribution in [0.3, 0.4) is 0 Å². The van der Waals surface area contributed by atoms with Crippen LogP contribution >= 0.6 is 0 Å². The summed E-state index contributed by atoms with van der Waals surface area (Å²) in [5, 5.41) is 3.30. The van der Waals surface area contributed by atoms with Crippen molar-refractivity contribution >= 4 is 22.5 Å². The molecule has 6 nitrogen and oxygen atoms in total. The number of anilines is 2. The van der Waals surface area contributed by atoms with Crippen LogP contribution in [0.25, 0.3) is 11.0 Å². The van der Waals surface area contributed by atoms with Crippen molar-refractivity contribution in [1.29, 1.82) is 0 Å². The van der Waals surface area contributed by atoms with E-state index in [1.807, 2.05) is 0 Å². The molecule has 4 rings (SSSR count). The van der Waals surface area contributed by atoms with Crippen LogP contribution in [0.2, 0.25) is 0 Å². The van der Waals surface area contributed by atoms with Gasteiger partial charge in [0, 0.05) is 30.2 Å². The van der Waals surface area contributed by atoms with Crippen LogP contribution in [-0.4, -0.2) is 27.1 Å². The first-order valence-corrected chi connectivity index (χ1v) is 8.73. The average molecular weight is 353 g/mol. The zero-order valence-electron chi connectivity index (χ0n) is 14.2. The number of nitrogens with zero attached hydrogens (tertiary/aromatic N) is 3. The second-order valence-corrected chi connectivity index (χ2v) is 6.52. The van der Waals surface area contributed by atoms with E-state index in [1.54, 1.807) is 36.7 Å². The van der Waals surface area contributed by atoms with Crippen molar-refractivity contribution in [3.8, 4) is 5.75 Å². The maximum absolute atomic E-state index is 13.2. The highest BCUT2D eigenvalue weighted by Crippen LogP contribution is 2.30. The molecule has 2 aromatic heterocycles. The number of ether oxygens (including phenoxy) is 1. The lowest BCUT2D eigenvalue weighted by atomic mass is 9.93. The number of hydrogen-bond acceptors (Lipinski definition) is 6. The number of fused-ring (bicyclic) bond motifs is 1. The Labute approximate surface area is 150 Å². The Hall–Kier alpha value is -2.96. The molecule has 3 N–H and O–H groups in total. The molecule has 0 spiro atoms.